The number of hydrogen-bond donors (Lipinski definition) is 0. The van der Waals surface area contributed by atoms with E-state index in [1.165, 1.54) is 37.9 Å². The van der Waals surface area contributed by atoms with Crippen LogP contribution in [0.2, 0.25) is 0 Å². The van der Waals surface area contributed by atoms with E-state index < -0.39 is 0 Å². The predicted molar refractivity (Wildman–Crippen MR) is 112 cm³/mol. The molecule has 0 N–H and O–H groups in total. The van der Waals surface area contributed by atoms with Crippen molar-refractivity contribution in [2.24, 2.45) is 0 Å². The van der Waals surface area contributed by atoms with Crippen molar-refractivity contribution in [1.29, 1.82) is 0 Å². The Morgan fingerprint density at radius 1 is 0.556 bits per heavy atom. The van der Waals surface area contributed by atoms with Gasteiger partial charge in [0.05, 0.1) is 0 Å². The first-order valence-electron chi connectivity index (χ1n) is 9.38. The van der Waals surface area contributed by atoms with Crippen molar-refractivity contribution in [3.05, 3.63) is 72.3 Å². The summed E-state index contributed by atoms with van der Waals surface area (Å²) in [6, 6.07) is 23.8. The number of aryl methyl sites for hydroxylation is 1. The molecule has 0 unspecified atom stereocenters. The second kappa shape index (κ2) is 5.37. The third kappa shape index (κ3) is 1.95. The average molecular weight is 350 g/mol. The maximum Gasteiger partial charge on any atom is 0.169 e. The molecule has 5 aromatic carbocycles. The van der Waals surface area contributed by atoms with Crippen LogP contribution in [0.25, 0.3) is 43.1 Å². The van der Waals surface area contributed by atoms with Crippen LogP contribution in [-0.2, 0) is 0 Å². The monoisotopic (exact) mass is 350 g/mol. The van der Waals surface area contributed by atoms with Gasteiger partial charge in [-0.1, -0.05) is 54.6 Å². The highest BCUT2D eigenvalue weighted by Crippen LogP contribution is 2.49. The van der Waals surface area contributed by atoms with Gasteiger partial charge >= 0.3 is 0 Å². The molecule has 0 aromatic heterocycles. The molecular formula is C25H18O2. The number of fused-ring (bicyclic) bond motifs is 10. The van der Waals surface area contributed by atoms with Crippen LogP contribution in [0.15, 0.2) is 66.7 Å². The van der Waals surface area contributed by atoms with Gasteiger partial charge in [-0.25, -0.2) is 0 Å². The number of benzene rings is 5. The first-order valence-corrected chi connectivity index (χ1v) is 9.38. The van der Waals surface area contributed by atoms with Gasteiger partial charge < -0.3 is 9.47 Å². The van der Waals surface area contributed by atoms with E-state index in [1.54, 1.807) is 0 Å². The van der Waals surface area contributed by atoms with E-state index in [1.807, 2.05) is 0 Å². The predicted octanol–water partition coefficient (Wildman–Crippen LogP) is 6.38. The van der Waals surface area contributed by atoms with Crippen LogP contribution in [0.4, 0.5) is 0 Å². The molecule has 0 amide bonds. The van der Waals surface area contributed by atoms with Crippen LogP contribution < -0.4 is 9.47 Å². The zero-order chi connectivity index (χ0) is 18.0. The maximum atomic E-state index is 6.12. The minimum atomic E-state index is 0.590. The Labute approximate surface area is 156 Å². The van der Waals surface area contributed by atoms with E-state index in [0.29, 0.717) is 13.2 Å². The SMILES string of the molecule is Cc1cccc2ccc3c4c(c5ccc6ccccc6c5c3c12)OCCO4. The largest absolute Gasteiger partial charge is 0.485 e. The standard InChI is InChI=1S/C25H18O2/c1-15-5-4-7-17-10-12-20-23(21(15)17)22-18-8-3-2-6-16(18)9-11-19(22)24-25(20)27-14-13-26-24/h2-12H,13-14H2,1H3. The van der Waals surface area contributed by atoms with Gasteiger partial charge in [0.25, 0.3) is 0 Å². The molecule has 0 saturated heterocycles. The first kappa shape index (κ1) is 14.9. The molecule has 0 atom stereocenters. The van der Waals surface area contributed by atoms with Gasteiger partial charge in [-0.2, -0.15) is 0 Å². The quantitative estimate of drug-likeness (QED) is 0.302. The van der Waals surface area contributed by atoms with Crippen LogP contribution in [0.5, 0.6) is 11.5 Å². The minimum absolute atomic E-state index is 0.590. The van der Waals surface area contributed by atoms with Crippen LogP contribution in [0.3, 0.4) is 0 Å². The molecule has 1 aliphatic rings. The molecule has 0 fully saturated rings. The molecule has 2 nitrogen and oxygen atoms in total. The summed E-state index contributed by atoms with van der Waals surface area (Å²) >= 11 is 0. The van der Waals surface area contributed by atoms with E-state index in [0.717, 1.165) is 22.3 Å². The zero-order valence-electron chi connectivity index (χ0n) is 15.1. The van der Waals surface area contributed by atoms with Crippen molar-refractivity contribution in [2.75, 3.05) is 13.2 Å². The molecule has 1 heterocycles. The molecule has 0 saturated carbocycles. The third-order valence-corrected chi connectivity index (χ3v) is 5.70. The van der Waals surface area contributed by atoms with Gasteiger partial charge in [0, 0.05) is 21.5 Å². The zero-order valence-corrected chi connectivity index (χ0v) is 15.1. The summed E-state index contributed by atoms with van der Waals surface area (Å²) in [5, 5.41) is 9.85. The highest BCUT2D eigenvalue weighted by molar-refractivity contribution is 6.30. The van der Waals surface area contributed by atoms with E-state index in [-0.39, 0.29) is 0 Å². The lowest BCUT2D eigenvalue weighted by Gasteiger charge is -2.24. The number of hydrogen-bond acceptors (Lipinski definition) is 2. The molecule has 0 radical (unpaired) electrons. The summed E-state index contributed by atoms with van der Waals surface area (Å²) in [5.74, 6) is 1.76. The number of ether oxygens (including phenoxy) is 2. The fourth-order valence-corrected chi connectivity index (χ4v) is 4.56. The average Bonchev–Trinajstić information content (AvgIpc) is 2.73. The van der Waals surface area contributed by atoms with E-state index in [4.69, 9.17) is 9.47 Å². The Balaban J connectivity index is 2.02. The Morgan fingerprint density at radius 3 is 2.04 bits per heavy atom. The van der Waals surface area contributed by atoms with Gasteiger partial charge in [0.1, 0.15) is 13.2 Å². The molecule has 27 heavy (non-hydrogen) atoms. The molecule has 0 bridgehead atoms. The highest BCUT2D eigenvalue weighted by atomic mass is 16.6. The maximum absolute atomic E-state index is 6.12. The summed E-state index contributed by atoms with van der Waals surface area (Å²) < 4.78 is 12.2. The molecular weight excluding hydrogens is 332 g/mol. The van der Waals surface area contributed by atoms with Gasteiger partial charge in [-0.05, 0) is 46.2 Å². The van der Waals surface area contributed by atoms with Gasteiger partial charge in [0.15, 0.2) is 11.5 Å². The topological polar surface area (TPSA) is 18.5 Å². The second-order valence-electron chi connectivity index (χ2n) is 7.23. The summed E-state index contributed by atoms with van der Waals surface area (Å²) in [5.41, 5.74) is 1.28. The van der Waals surface area contributed by atoms with Crippen molar-refractivity contribution in [2.45, 2.75) is 6.92 Å². The van der Waals surface area contributed by atoms with E-state index >= 15 is 0 Å². The van der Waals surface area contributed by atoms with Crippen LogP contribution in [-0.4, -0.2) is 13.2 Å². The Bertz CT molecular complexity index is 1380. The lowest BCUT2D eigenvalue weighted by molar-refractivity contribution is 0.176. The third-order valence-electron chi connectivity index (χ3n) is 5.70. The van der Waals surface area contributed by atoms with E-state index in [2.05, 4.69) is 73.7 Å². The van der Waals surface area contributed by atoms with Gasteiger partial charge in [0.2, 0.25) is 0 Å². The number of rotatable bonds is 0. The van der Waals surface area contributed by atoms with Crippen LogP contribution in [0.1, 0.15) is 5.56 Å². The van der Waals surface area contributed by atoms with Gasteiger partial charge in [-0.3, -0.25) is 0 Å². The molecule has 5 aromatic rings. The van der Waals surface area contributed by atoms with Crippen molar-refractivity contribution in [1.82, 2.24) is 0 Å². The van der Waals surface area contributed by atoms with Crippen LogP contribution in [0, 0.1) is 6.92 Å². The Morgan fingerprint density at radius 2 is 1.22 bits per heavy atom. The van der Waals surface area contributed by atoms with E-state index in [9.17, 15) is 0 Å². The summed E-state index contributed by atoms with van der Waals surface area (Å²) in [6.07, 6.45) is 0. The smallest absolute Gasteiger partial charge is 0.169 e. The first-order chi connectivity index (χ1) is 13.3. The van der Waals surface area contributed by atoms with Crippen LogP contribution >= 0.6 is 0 Å². The fourth-order valence-electron chi connectivity index (χ4n) is 4.56. The lowest BCUT2D eigenvalue weighted by Crippen LogP contribution is -2.16. The Hall–Kier alpha value is -3.26. The molecule has 130 valence electrons. The summed E-state index contributed by atoms with van der Waals surface area (Å²) in [7, 11) is 0. The normalized spacial score (nSPS) is 13.7. The molecule has 2 heteroatoms. The minimum Gasteiger partial charge on any atom is -0.485 e. The lowest BCUT2D eigenvalue weighted by atomic mass is 9.90. The molecule has 6 rings (SSSR count). The van der Waals surface area contributed by atoms with Crippen molar-refractivity contribution < 1.29 is 9.47 Å². The van der Waals surface area contributed by atoms with Gasteiger partial charge in [-0.15, -0.1) is 0 Å². The molecule has 0 aliphatic carbocycles. The second-order valence-corrected chi connectivity index (χ2v) is 7.23. The van der Waals surface area contributed by atoms with Crippen molar-refractivity contribution >= 4 is 43.1 Å². The Kier molecular flexibility index (Phi) is 2.96. The van der Waals surface area contributed by atoms with Crippen molar-refractivity contribution in [3.63, 3.8) is 0 Å². The summed E-state index contributed by atoms with van der Waals surface area (Å²) in [4.78, 5) is 0. The highest BCUT2D eigenvalue weighted by Gasteiger charge is 2.23. The van der Waals surface area contributed by atoms with Crippen molar-refractivity contribution in [3.8, 4) is 11.5 Å². The fraction of sp³-hybridized carbons (Fsp3) is 0.120. The molecule has 0 spiro atoms. The molecule has 1 aliphatic heterocycles. The summed E-state index contributed by atoms with van der Waals surface area (Å²) in [6.45, 7) is 3.37.